The van der Waals surface area contributed by atoms with E-state index in [2.05, 4.69) is 4.98 Å². The van der Waals surface area contributed by atoms with Gasteiger partial charge >= 0.3 is 0 Å². The highest BCUT2D eigenvalue weighted by Crippen LogP contribution is 2.31. The lowest BCUT2D eigenvalue weighted by molar-refractivity contribution is 0.181. The normalized spacial score (nSPS) is 10.9. The summed E-state index contributed by atoms with van der Waals surface area (Å²) in [7, 11) is 1.60. The van der Waals surface area contributed by atoms with Crippen molar-refractivity contribution < 1.29 is 9.13 Å². The van der Waals surface area contributed by atoms with Crippen molar-refractivity contribution in [1.29, 1.82) is 0 Å². The van der Waals surface area contributed by atoms with Crippen LogP contribution in [0.15, 0.2) is 18.2 Å². The highest BCUT2D eigenvalue weighted by atomic mass is 32.1. The fraction of sp³-hybridized carbons (Fsp3) is 0.308. The third-order valence-corrected chi connectivity index (χ3v) is 3.82. The average Bonchev–Trinajstić information content (AvgIpc) is 2.76. The first-order chi connectivity index (χ1) is 8.67. The van der Waals surface area contributed by atoms with E-state index >= 15 is 0 Å². The zero-order chi connectivity index (χ0) is 13.1. The summed E-state index contributed by atoms with van der Waals surface area (Å²) in [5.41, 5.74) is 7.59. The smallest absolute Gasteiger partial charge is 0.136 e. The van der Waals surface area contributed by atoms with E-state index in [1.165, 1.54) is 11.3 Å². The molecular weight excluding hydrogens is 251 g/mol. The third kappa shape index (κ3) is 2.43. The predicted molar refractivity (Wildman–Crippen MR) is 70.8 cm³/mol. The van der Waals surface area contributed by atoms with E-state index in [0.29, 0.717) is 29.3 Å². The van der Waals surface area contributed by atoms with Crippen molar-refractivity contribution in [3.8, 4) is 10.6 Å². The number of methoxy groups -OCH3 is 1. The highest BCUT2D eigenvalue weighted by molar-refractivity contribution is 7.15. The predicted octanol–water partition coefficient (Wildman–Crippen LogP) is 2.86. The Morgan fingerprint density at radius 2 is 2.22 bits per heavy atom. The monoisotopic (exact) mass is 266 g/mol. The summed E-state index contributed by atoms with van der Waals surface area (Å²) in [6, 6.07) is 5.30. The number of hydrogen-bond donors (Lipinski definition) is 1. The molecule has 0 aliphatic heterocycles. The van der Waals surface area contributed by atoms with Crippen molar-refractivity contribution in [1.82, 2.24) is 4.98 Å². The van der Waals surface area contributed by atoms with E-state index in [4.69, 9.17) is 10.5 Å². The number of ether oxygens (including phenoxy) is 1. The fourth-order valence-electron chi connectivity index (χ4n) is 1.72. The number of benzene rings is 1. The van der Waals surface area contributed by atoms with E-state index in [1.807, 2.05) is 6.07 Å². The zero-order valence-corrected chi connectivity index (χ0v) is 11.2. The molecule has 1 heterocycles. The van der Waals surface area contributed by atoms with Gasteiger partial charge in [0.15, 0.2) is 0 Å². The second kappa shape index (κ2) is 5.56. The van der Waals surface area contributed by atoms with Gasteiger partial charge in [0.1, 0.15) is 10.8 Å². The van der Waals surface area contributed by atoms with Crippen LogP contribution in [0.25, 0.3) is 10.6 Å². The number of rotatable bonds is 4. The van der Waals surface area contributed by atoms with Crippen LogP contribution >= 0.6 is 11.3 Å². The summed E-state index contributed by atoms with van der Waals surface area (Å²) in [6.07, 6.45) is 0. The molecule has 0 aliphatic carbocycles. The lowest BCUT2D eigenvalue weighted by Gasteiger charge is -2.01. The Bertz CT molecular complexity index is 554. The summed E-state index contributed by atoms with van der Waals surface area (Å²) >= 11 is 1.42. The van der Waals surface area contributed by atoms with Gasteiger partial charge in [-0.3, -0.25) is 0 Å². The van der Waals surface area contributed by atoms with Crippen molar-refractivity contribution in [2.24, 2.45) is 5.73 Å². The first kappa shape index (κ1) is 13.1. The van der Waals surface area contributed by atoms with E-state index in [1.54, 1.807) is 26.2 Å². The largest absolute Gasteiger partial charge is 0.378 e. The summed E-state index contributed by atoms with van der Waals surface area (Å²) in [6.45, 7) is 2.53. The molecule has 18 heavy (non-hydrogen) atoms. The number of hydrogen-bond acceptors (Lipinski definition) is 4. The van der Waals surface area contributed by atoms with Gasteiger partial charge in [0.2, 0.25) is 0 Å². The molecule has 5 heteroatoms. The van der Waals surface area contributed by atoms with Crippen molar-refractivity contribution in [2.45, 2.75) is 20.1 Å². The van der Waals surface area contributed by atoms with Crippen LogP contribution in [0.5, 0.6) is 0 Å². The minimum atomic E-state index is -0.223. The molecule has 0 bridgehead atoms. The molecule has 0 fully saturated rings. The lowest BCUT2D eigenvalue weighted by atomic mass is 10.1. The molecule has 0 saturated heterocycles. The van der Waals surface area contributed by atoms with Gasteiger partial charge in [0, 0.05) is 24.1 Å². The summed E-state index contributed by atoms with van der Waals surface area (Å²) in [5.74, 6) is -0.223. The molecule has 1 aromatic heterocycles. The molecular formula is C13H15FN2OS. The molecule has 0 radical (unpaired) electrons. The molecule has 0 atom stereocenters. The molecule has 0 unspecified atom stereocenters. The van der Waals surface area contributed by atoms with Crippen LogP contribution in [0.3, 0.4) is 0 Å². The van der Waals surface area contributed by atoms with Crippen LogP contribution in [0.1, 0.15) is 16.1 Å². The van der Waals surface area contributed by atoms with Crippen molar-refractivity contribution >= 4 is 11.3 Å². The lowest BCUT2D eigenvalue weighted by Crippen LogP contribution is -1.99. The SMILES string of the molecule is COCc1nc(-c2cccc(C)c2F)sc1CN. The maximum atomic E-state index is 14.0. The van der Waals surface area contributed by atoms with Crippen LogP contribution in [-0.4, -0.2) is 12.1 Å². The molecule has 0 aliphatic rings. The molecule has 96 valence electrons. The Morgan fingerprint density at radius 1 is 1.44 bits per heavy atom. The summed E-state index contributed by atoms with van der Waals surface area (Å²) in [5, 5.41) is 0.656. The fourth-order valence-corrected chi connectivity index (χ4v) is 2.68. The van der Waals surface area contributed by atoms with Gasteiger partial charge < -0.3 is 10.5 Å². The van der Waals surface area contributed by atoms with Crippen molar-refractivity contribution in [3.63, 3.8) is 0 Å². The number of nitrogens with zero attached hydrogens (tertiary/aromatic N) is 1. The number of aryl methyl sites for hydroxylation is 1. The molecule has 2 rings (SSSR count). The number of aromatic nitrogens is 1. The number of thiazole rings is 1. The molecule has 1 aromatic carbocycles. The van der Waals surface area contributed by atoms with Gasteiger partial charge in [-0.15, -0.1) is 11.3 Å². The summed E-state index contributed by atoms with van der Waals surface area (Å²) < 4.78 is 19.1. The molecule has 0 saturated carbocycles. The van der Waals surface area contributed by atoms with Crippen LogP contribution < -0.4 is 5.73 Å². The molecule has 0 amide bonds. The highest BCUT2D eigenvalue weighted by Gasteiger charge is 2.15. The van der Waals surface area contributed by atoms with Gasteiger partial charge in [-0.05, 0) is 18.6 Å². The first-order valence-electron chi connectivity index (χ1n) is 5.60. The second-order valence-electron chi connectivity index (χ2n) is 3.96. The van der Waals surface area contributed by atoms with Gasteiger partial charge in [-0.2, -0.15) is 0 Å². The number of halogens is 1. The van der Waals surface area contributed by atoms with Gasteiger partial charge in [-0.25, -0.2) is 9.37 Å². The topological polar surface area (TPSA) is 48.1 Å². The Morgan fingerprint density at radius 3 is 2.89 bits per heavy atom. The zero-order valence-electron chi connectivity index (χ0n) is 10.4. The Hall–Kier alpha value is -1.30. The molecule has 3 nitrogen and oxygen atoms in total. The minimum absolute atomic E-state index is 0.223. The van der Waals surface area contributed by atoms with E-state index in [0.717, 1.165) is 10.6 Å². The Labute approximate surface area is 109 Å². The first-order valence-corrected chi connectivity index (χ1v) is 6.42. The van der Waals surface area contributed by atoms with Crippen molar-refractivity contribution in [2.75, 3.05) is 7.11 Å². The van der Waals surface area contributed by atoms with Crippen molar-refractivity contribution in [3.05, 3.63) is 40.2 Å². The average molecular weight is 266 g/mol. The van der Waals surface area contributed by atoms with Crippen LogP contribution in [0.4, 0.5) is 4.39 Å². The maximum Gasteiger partial charge on any atom is 0.136 e. The maximum absolute atomic E-state index is 14.0. The molecule has 2 aromatic rings. The molecule has 2 N–H and O–H groups in total. The van der Waals surface area contributed by atoms with Gasteiger partial charge in [0.05, 0.1) is 12.3 Å². The minimum Gasteiger partial charge on any atom is -0.378 e. The van der Waals surface area contributed by atoms with Gasteiger partial charge in [0.25, 0.3) is 0 Å². The third-order valence-electron chi connectivity index (χ3n) is 2.67. The Kier molecular flexibility index (Phi) is 4.06. The standard InChI is InChI=1S/C13H15FN2OS/c1-8-4-3-5-9(12(8)14)13-16-10(7-17-2)11(6-15)18-13/h3-5H,6-7,15H2,1-2H3. The van der Waals surface area contributed by atoms with E-state index < -0.39 is 0 Å². The quantitative estimate of drug-likeness (QED) is 0.925. The van der Waals surface area contributed by atoms with E-state index in [9.17, 15) is 4.39 Å². The van der Waals surface area contributed by atoms with Gasteiger partial charge in [-0.1, -0.05) is 12.1 Å². The van der Waals surface area contributed by atoms with Crippen LogP contribution in [-0.2, 0) is 17.9 Å². The second-order valence-corrected chi connectivity index (χ2v) is 5.05. The van der Waals surface area contributed by atoms with Crippen LogP contribution in [0.2, 0.25) is 0 Å². The molecule has 0 spiro atoms. The van der Waals surface area contributed by atoms with E-state index in [-0.39, 0.29) is 5.82 Å². The summed E-state index contributed by atoms with van der Waals surface area (Å²) in [4.78, 5) is 5.35. The van der Waals surface area contributed by atoms with Crippen LogP contribution in [0, 0.1) is 12.7 Å². The number of nitrogens with two attached hydrogens (primary N) is 1. The Balaban J connectivity index is 2.47.